The van der Waals surface area contributed by atoms with Crippen LogP contribution in [0.25, 0.3) is 0 Å². The summed E-state index contributed by atoms with van der Waals surface area (Å²) in [5.74, 6) is -0.0542. The standard InChI is InChI=1S/C24H18N2O/c25-17-7-16-24(18-26,21-10-5-2-6-11-21)22-14-12-20(13-15-22)23(27)19-8-3-1-4-9-19/h1-6,8-15H,7,16H2. The SMILES string of the molecule is N#CCCC(C#N)(c1ccccc1)c1ccc(C(=O)c2ccccc2)cc1. The first-order valence-corrected chi connectivity index (χ1v) is 8.75. The molecule has 0 aliphatic rings. The van der Waals surface area contributed by atoms with Crippen LogP contribution in [-0.4, -0.2) is 5.78 Å². The second kappa shape index (κ2) is 8.13. The maximum Gasteiger partial charge on any atom is 0.193 e. The highest BCUT2D eigenvalue weighted by Crippen LogP contribution is 2.36. The summed E-state index contributed by atoms with van der Waals surface area (Å²) < 4.78 is 0. The number of nitrogens with zero attached hydrogens (tertiary/aromatic N) is 2. The summed E-state index contributed by atoms with van der Waals surface area (Å²) in [5, 5.41) is 19.1. The Labute approximate surface area is 159 Å². The van der Waals surface area contributed by atoms with Crippen LogP contribution in [0.3, 0.4) is 0 Å². The third-order valence-electron chi connectivity index (χ3n) is 4.75. The smallest absolute Gasteiger partial charge is 0.193 e. The van der Waals surface area contributed by atoms with Crippen LogP contribution in [0, 0.1) is 22.7 Å². The van der Waals surface area contributed by atoms with Gasteiger partial charge in [0.05, 0.1) is 12.1 Å². The molecule has 1 atom stereocenters. The van der Waals surface area contributed by atoms with E-state index in [1.807, 2.05) is 60.7 Å². The van der Waals surface area contributed by atoms with Gasteiger partial charge in [-0.15, -0.1) is 0 Å². The van der Waals surface area contributed by atoms with E-state index in [0.29, 0.717) is 17.5 Å². The van der Waals surface area contributed by atoms with E-state index in [4.69, 9.17) is 5.26 Å². The van der Waals surface area contributed by atoms with Crippen molar-refractivity contribution in [2.45, 2.75) is 18.3 Å². The number of hydrogen-bond acceptors (Lipinski definition) is 3. The Morgan fingerprint density at radius 1 is 0.741 bits per heavy atom. The molecule has 0 spiro atoms. The minimum absolute atomic E-state index is 0.0542. The molecular formula is C24H18N2O. The summed E-state index contributed by atoms with van der Waals surface area (Å²) in [6, 6.07) is 30.3. The van der Waals surface area contributed by atoms with Gasteiger partial charge >= 0.3 is 0 Å². The van der Waals surface area contributed by atoms with Gasteiger partial charge in [0.1, 0.15) is 5.41 Å². The molecule has 0 fully saturated rings. The van der Waals surface area contributed by atoms with Gasteiger partial charge in [-0.3, -0.25) is 4.79 Å². The number of ketones is 1. The average Bonchev–Trinajstić information content (AvgIpc) is 2.76. The van der Waals surface area contributed by atoms with E-state index in [-0.39, 0.29) is 12.2 Å². The minimum atomic E-state index is -0.911. The van der Waals surface area contributed by atoms with Crippen molar-refractivity contribution in [3.05, 3.63) is 107 Å². The lowest BCUT2D eigenvalue weighted by atomic mass is 9.72. The summed E-state index contributed by atoms with van der Waals surface area (Å²) >= 11 is 0. The number of carbonyl (C=O) groups is 1. The van der Waals surface area contributed by atoms with Gasteiger partial charge in [0.2, 0.25) is 0 Å². The van der Waals surface area contributed by atoms with E-state index < -0.39 is 5.41 Å². The highest BCUT2D eigenvalue weighted by atomic mass is 16.1. The van der Waals surface area contributed by atoms with Crippen molar-refractivity contribution in [1.29, 1.82) is 10.5 Å². The molecule has 0 radical (unpaired) electrons. The summed E-state index contributed by atoms with van der Waals surface area (Å²) in [4.78, 5) is 12.6. The molecule has 3 aromatic carbocycles. The number of benzene rings is 3. The largest absolute Gasteiger partial charge is 0.289 e. The maximum absolute atomic E-state index is 12.6. The Kier molecular flexibility index (Phi) is 5.45. The van der Waals surface area contributed by atoms with Crippen molar-refractivity contribution in [2.75, 3.05) is 0 Å². The van der Waals surface area contributed by atoms with Crippen LogP contribution in [0.1, 0.15) is 39.9 Å². The Morgan fingerprint density at radius 3 is 1.81 bits per heavy atom. The third kappa shape index (κ3) is 3.64. The van der Waals surface area contributed by atoms with Gasteiger partial charge in [-0.2, -0.15) is 10.5 Å². The Balaban J connectivity index is 2.00. The van der Waals surface area contributed by atoms with Crippen LogP contribution in [0.5, 0.6) is 0 Å². The summed E-state index contributed by atoms with van der Waals surface area (Å²) in [6.45, 7) is 0. The van der Waals surface area contributed by atoms with E-state index in [9.17, 15) is 10.1 Å². The molecule has 3 aromatic rings. The Hall–Kier alpha value is -3.69. The van der Waals surface area contributed by atoms with Crippen LogP contribution in [0.15, 0.2) is 84.9 Å². The minimum Gasteiger partial charge on any atom is -0.289 e. The van der Waals surface area contributed by atoms with Crippen LogP contribution in [0.4, 0.5) is 0 Å². The van der Waals surface area contributed by atoms with Gasteiger partial charge in [-0.1, -0.05) is 84.9 Å². The molecule has 3 rings (SSSR count). The first kappa shape index (κ1) is 18.1. The Bertz CT molecular complexity index is 996. The number of nitriles is 2. The maximum atomic E-state index is 12.6. The molecule has 0 heterocycles. The lowest BCUT2D eigenvalue weighted by molar-refractivity contribution is 0.103. The van der Waals surface area contributed by atoms with Crippen molar-refractivity contribution in [3.8, 4) is 12.1 Å². The molecule has 0 saturated carbocycles. The molecule has 130 valence electrons. The molecule has 0 amide bonds. The van der Waals surface area contributed by atoms with E-state index in [1.54, 1.807) is 24.3 Å². The lowest BCUT2D eigenvalue weighted by Crippen LogP contribution is -2.25. The van der Waals surface area contributed by atoms with E-state index in [1.165, 1.54) is 0 Å². The van der Waals surface area contributed by atoms with Crippen molar-refractivity contribution in [2.24, 2.45) is 0 Å². The van der Waals surface area contributed by atoms with E-state index in [0.717, 1.165) is 11.1 Å². The fourth-order valence-corrected chi connectivity index (χ4v) is 3.27. The van der Waals surface area contributed by atoms with Crippen LogP contribution in [-0.2, 0) is 5.41 Å². The quantitative estimate of drug-likeness (QED) is 0.586. The molecule has 3 heteroatoms. The second-order valence-corrected chi connectivity index (χ2v) is 6.31. The monoisotopic (exact) mass is 350 g/mol. The van der Waals surface area contributed by atoms with Gasteiger partial charge in [-0.05, 0) is 17.5 Å². The van der Waals surface area contributed by atoms with Crippen molar-refractivity contribution >= 4 is 5.78 Å². The van der Waals surface area contributed by atoms with Crippen molar-refractivity contribution in [1.82, 2.24) is 0 Å². The zero-order valence-corrected chi connectivity index (χ0v) is 14.8. The molecule has 3 nitrogen and oxygen atoms in total. The lowest BCUT2D eigenvalue weighted by Gasteiger charge is -2.27. The normalized spacial score (nSPS) is 12.4. The Morgan fingerprint density at radius 2 is 1.26 bits per heavy atom. The molecule has 0 aliphatic carbocycles. The number of carbonyl (C=O) groups excluding carboxylic acids is 1. The first-order chi connectivity index (χ1) is 13.2. The predicted molar refractivity (Wildman–Crippen MR) is 104 cm³/mol. The molecule has 0 N–H and O–H groups in total. The van der Waals surface area contributed by atoms with Crippen molar-refractivity contribution < 1.29 is 4.79 Å². The zero-order chi connectivity index (χ0) is 19.1. The van der Waals surface area contributed by atoms with Crippen LogP contribution in [0.2, 0.25) is 0 Å². The second-order valence-electron chi connectivity index (χ2n) is 6.31. The summed E-state index contributed by atoms with van der Waals surface area (Å²) in [6.07, 6.45) is 0.670. The predicted octanol–water partition coefficient (Wildman–Crippen LogP) is 5.03. The highest BCUT2D eigenvalue weighted by molar-refractivity contribution is 6.08. The van der Waals surface area contributed by atoms with Gasteiger partial charge in [0.15, 0.2) is 5.78 Å². The van der Waals surface area contributed by atoms with Gasteiger partial charge in [0.25, 0.3) is 0 Å². The molecule has 0 saturated heterocycles. The van der Waals surface area contributed by atoms with Crippen molar-refractivity contribution in [3.63, 3.8) is 0 Å². The molecule has 0 aliphatic heterocycles. The fourth-order valence-electron chi connectivity index (χ4n) is 3.27. The number of rotatable bonds is 6. The topological polar surface area (TPSA) is 64.7 Å². The zero-order valence-electron chi connectivity index (χ0n) is 14.8. The van der Waals surface area contributed by atoms with Gasteiger partial charge in [0, 0.05) is 17.5 Å². The number of hydrogen-bond donors (Lipinski definition) is 0. The van der Waals surface area contributed by atoms with Gasteiger partial charge < -0.3 is 0 Å². The highest BCUT2D eigenvalue weighted by Gasteiger charge is 2.34. The van der Waals surface area contributed by atoms with E-state index in [2.05, 4.69) is 12.1 Å². The van der Waals surface area contributed by atoms with Crippen LogP contribution < -0.4 is 0 Å². The molecule has 0 bridgehead atoms. The first-order valence-electron chi connectivity index (χ1n) is 8.75. The van der Waals surface area contributed by atoms with Gasteiger partial charge in [-0.25, -0.2) is 0 Å². The van der Waals surface area contributed by atoms with E-state index >= 15 is 0 Å². The molecule has 0 aromatic heterocycles. The molecule has 27 heavy (non-hydrogen) atoms. The molecular weight excluding hydrogens is 332 g/mol. The summed E-state index contributed by atoms with van der Waals surface area (Å²) in [7, 11) is 0. The van der Waals surface area contributed by atoms with Crippen LogP contribution >= 0.6 is 0 Å². The molecule has 1 unspecified atom stereocenters. The third-order valence-corrected chi connectivity index (χ3v) is 4.75. The average molecular weight is 350 g/mol. The summed E-state index contributed by atoms with van der Waals surface area (Å²) in [5.41, 5.74) is 1.93. The fraction of sp³-hybridized carbons (Fsp3) is 0.125.